The molecular weight excluding hydrogens is 444 g/mol. The summed E-state index contributed by atoms with van der Waals surface area (Å²) >= 11 is 11.3. The highest BCUT2D eigenvalue weighted by molar-refractivity contribution is 7.89. The molecule has 0 fully saturated rings. The third-order valence-corrected chi connectivity index (χ3v) is 6.56. The van der Waals surface area contributed by atoms with E-state index in [4.69, 9.17) is 28.9 Å². The molecule has 0 saturated carbocycles. The van der Waals surface area contributed by atoms with Crippen molar-refractivity contribution >= 4 is 50.5 Å². The minimum absolute atomic E-state index is 0.0662. The first-order chi connectivity index (χ1) is 14.2. The molecule has 2 rings (SSSR count). The third-order valence-electron chi connectivity index (χ3n) is 4.43. The Kier molecular flexibility index (Phi) is 9.23. The molecule has 0 saturated heterocycles. The second-order valence-electron chi connectivity index (χ2n) is 6.85. The zero-order valence-corrected chi connectivity index (χ0v) is 19.0. The molecule has 9 heteroatoms. The number of nitrogens with one attached hydrogen (secondary N) is 2. The van der Waals surface area contributed by atoms with Crippen molar-refractivity contribution in [3.8, 4) is 0 Å². The van der Waals surface area contributed by atoms with E-state index in [2.05, 4.69) is 10.0 Å². The van der Waals surface area contributed by atoms with Crippen molar-refractivity contribution < 1.29 is 18.3 Å². The van der Waals surface area contributed by atoms with Gasteiger partial charge in [0.25, 0.3) is 0 Å². The van der Waals surface area contributed by atoms with Gasteiger partial charge in [-0.05, 0) is 54.8 Å². The molecule has 0 amide bonds. The van der Waals surface area contributed by atoms with Gasteiger partial charge in [-0.25, -0.2) is 13.1 Å². The Hall–Kier alpha value is -2.00. The summed E-state index contributed by atoms with van der Waals surface area (Å²) < 4.78 is 28.2. The van der Waals surface area contributed by atoms with E-state index in [1.807, 2.05) is 19.1 Å². The molecule has 2 aromatic carbocycles. The first-order valence-electron chi connectivity index (χ1n) is 9.60. The van der Waals surface area contributed by atoms with Crippen LogP contribution in [0.15, 0.2) is 53.4 Å². The molecule has 1 unspecified atom stereocenters. The Balaban J connectivity index is 2.09. The van der Waals surface area contributed by atoms with E-state index in [9.17, 15) is 13.2 Å². The number of sulfonamides is 1. The number of aryl methyl sites for hydroxylation is 1. The van der Waals surface area contributed by atoms with Crippen LogP contribution in [0.1, 0.15) is 38.2 Å². The lowest BCUT2D eigenvalue weighted by Gasteiger charge is -2.21. The number of carboxylic acid groups (broad SMARTS) is 1. The maximum absolute atomic E-state index is 12.8. The van der Waals surface area contributed by atoms with Gasteiger partial charge in [-0.3, -0.25) is 4.79 Å². The number of unbranched alkanes of at least 4 members (excludes halogenated alkanes) is 1. The molecule has 6 nitrogen and oxygen atoms in total. The zero-order chi connectivity index (χ0) is 22.1. The number of carboxylic acids is 1. The smallest absolute Gasteiger partial charge is 0.303 e. The molecule has 2 aromatic rings. The summed E-state index contributed by atoms with van der Waals surface area (Å²) in [7, 11) is -3.76. The summed E-state index contributed by atoms with van der Waals surface area (Å²) in [6.45, 7) is 2.02. The lowest BCUT2D eigenvalue weighted by Crippen LogP contribution is -2.42. The molecule has 0 bridgehead atoms. The number of halogens is 1. The Morgan fingerprint density at radius 1 is 1.13 bits per heavy atom. The number of carbonyl (C=O) groups is 1. The fraction of sp³-hybridized carbons (Fsp3) is 0.333. The number of hydrogen-bond acceptors (Lipinski definition) is 4. The van der Waals surface area contributed by atoms with Crippen molar-refractivity contribution in [2.24, 2.45) is 0 Å². The molecule has 0 radical (unpaired) electrons. The Morgan fingerprint density at radius 2 is 1.77 bits per heavy atom. The van der Waals surface area contributed by atoms with Gasteiger partial charge in [-0.2, -0.15) is 0 Å². The van der Waals surface area contributed by atoms with Crippen molar-refractivity contribution in [2.75, 3.05) is 5.32 Å². The second kappa shape index (κ2) is 11.4. The van der Waals surface area contributed by atoms with Crippen LogP contribution < -0.4 is 10.0 Å². The molecule has 0 spiro atoms. The van der Waals surface area contributed by atoms with Crippen molar-refractivity contribution in [1.82, 2.24) is 4.72 Å². The van der Waals surface area contributed by atoms with Gasteiger partial charge >= 0.3 is 5.97 Å². The minimum Gasteiger partial charge on any atom is -0.481 e. The largest absolute Gasteiger partial charge is 0.481 e. The molecule has 0 aliphatic rings. The van der Waals surface area contributed by atoms with Crippen molar-refractivity contribution in [3.63, 3.8) is 0 Å². The van der Waals surface area contributed by atoms with E-state index >= 15 is 0 Å². The zero-order valence-electron chi connectivity index (χ0n) is 16.6. The van der Waals surface area contributed by atoms with Crippen molar-refractivity contribution in [1.29, 1.82) is 0 Å². The minimum atomic E-state index is -3.76. The van der Waals surface area contributed by atoms with E-state index in [0.717, 1.165) is 18.4 Å². The van der Waals surface area contributed by atoms with Crippen LogP contribution in [0.4, 0.5) is 5.69 Å². The Bertz CT molecular complexity index is 962. The lowest BCUT2D eigenvalue weighted by molar-refractivity contribution is -0.136. The van der Waals surface area contributed by atoms with E-state index < -0.39 is 22.0 Å². The van der Waals surface area contributed by atoms with Crippen molar-refractivity contribution in [2.45, 2.75) is 50.0 Å². The highest BCUT2D eigenvalue weighted by Crippen LogP contribution is 2.17. The molecule has 0 aromatic heterocycles. The van der Waals surface area contributed by atoms with Gasteiger partial charge in [0.15, 0.2) is 0 Å². The maximum Gasteiger partial charge on any atom is 0.303 e. The molecule has 3 N–H and O–H groups in total. The van der Waals surface area contributed by atoms with Crippen LogP contribution in [-0.2, 0) is 21.2 Å². The molecule has 1 atom stereocenters. The monoisotopic (exact) mass is 468 g/mol. The molecule has 0 aliphatic carbocycles. The van der Waals surface area contributed by atoms with E-state index in [1.54, 1.807) is 12.1 Å². The van der Waals surface area contributed by atoms with E-state index in [0.29, 0.717) is 28.5 Å². The van der Waals surface area contributed by atoms with Gasteiger partial charge in [-0.1, -0.05) is 55.7 Å². The van der Waals surface area contributed by atoms with Crippen LogP contribution in [0.5, 0.6) is 0 Å². The predicted octanol–water partition coefficient (Wildman–Crippen LogP) is 4.63. The number of hydrogen-bond donors (Lipinski definition) is 3. The Labute approximate surface area is 187 Å². The van der Waals surface area contributed by atoms with Gasteiger partial charge in [0.1, 0.15) is 0 Å². The highest BCUT2D eigenvalue weighted by Gasteiger charge is 2.23. The first-order valence-corrected chi connectivity index (χ1v) is 11.9. The number of anilines is 1. The molecule has 0 heterocycles. The van der Waals surface area contributed by atoms with Crippen molar-refractivity contribution in [3.05, 3.63) is 59.1 Å². The SMILES string of the molecule is CCCCC(NS(=O)(=O)c1ccc(Cl)cc1)C(=S)Nc1ccc(CCC(=O)O)cc1. The molecule has 30 heavy (non-hydrogen) atoms. The lowest BCUT2D eigenvalue weighted by atomic mass is 10.1. The fourth-order valence-corrected chi connectivity index (χ4v) is 4.49. The Morgan fingerprint density at radius 3 is 2.33 bits per heavy atom. The maximum atomic E-state index is 12.8. The number of thiocarbonyl (C=S) groups is 1. The fourth-order valence-electron chi connectivity index (χ4n) is 2.76. The third kappa shape index (κ3) is 7.68. The van der Waals surface area contributed by atoms with Gasteiger partial charge in [0.05, 0.1) is 15.9 Å². The van der Waals surface area contributed by atoms with Gasteiger partial charge in [0.2, 0.25) is 10.0 Å². The van der Waals surface area contributed by atoms with Crippen LogP contribution in [0.25, 0.3) is 0 Å². The van der Waals surface area contributed by atoms with Crippen LogP contribution >= 0.6 is 23.8 Å². The molecule has 162 valence electrons. The summed E-state index contributed by atoms with van der Waals surface area (Å²) in [5.74, 6) is -0.842. The van der Waals surface area contributed by atoms with Crippen LogP contribution in [-0.4, -0.2) is 30.5 Å². The number of aliphatic carboxylic acids is 1. The summed E-state index contributed by atoms with van der Waals surface area (Å²) in [6.07, 6.45) is 2.78. The first kappa shape index (κ1) is 24.3. The number of benzene rings is 2. The summed E-state index contributed by atoms with van der Waals surface area (Å²) in [5.41, 5.74) is 1.62. The van der Waals surface area contributed by atoms with Crippen LogP contribution in [0.2, 0.25) is 5.02 Å². The second-order valence-corrected chi connectivity index (χ2v) is 9.44. The van der Waals surface area contributed by atoms with Gasteiger partial charge in [0, 0.05) is 17.1 Å². The summed E-state index contributed by atoms with van der Waals surface area (Å²) in [5, 5.41) is 12.3. The standard InChI is InChI=1S/C21H25ClN2O4S2/c1-2-3-4-19(24-30(27,28)18-12-8-16(22)9-13-18)21(29)23-17-10-5-15(6-11-17)7-14-20(25)26/h5-6,8-13,19,24H,2-4,7,14H2,1H3,(H,23,29)(H,25,26). The van der Waals surface area contributed by atoms with Crippen LogP contribution in [0.3, 0.4) is 0 Å². The van der Waals surface area contributed by atoms with E-state index in [1.165, 1.54) is 24.3 Å². The highest BCUT2D eigenvalue weighted by atomic mass is 35.5. The summed E-state index contributed by atoms with van der Waals surface area (Å²) in [6, 6.07) is 12.6. The van der Waals surface area contributed by atoms with Gasteiger partial charge < -0.3 is 10.4 Å². The van der Waals surface area contributed by atoms with Crippen LogP contribution in [0, 0.1) is 0 Å². The molecule has 0 aliphatic heterocycles. The summed E-state index contributed by atoms with van der Waals surface area (Å²) in [4.78, 5) is 11.2. The normalized spacial score (nSPS) is 12.3. The quantitative estimate of drug-likeness (QED) is 0.416. The predicted molar refractivity (Wildman–Crippen MR) is 124 cm³/mol. The number of rotatable bonds is 11. The van der Waals surface area contributed by atoms with E-state index in [-0.39, 0.29) is 11.3 Å². The molecular formula is C21H25ClN2O4S2. The topological polar surface area (TPSA) is 95.5 Å². The average molecular weight is 469 g/mol. The average Bonchev–Trinajstić information content (AvgIpc) is 2.70. The van der Waals surface area contributed by atoms with Gasteiger partial charge in [-0.15, -0.1) is 0 Å².